The van der Waals surface area contributed by atoms with E-state index in [1.54, 1.807) is 24.3 Å². The summed E-state index contributed by atoms with van der Waals surface area (Å²) in [5.74, 6) is -2.10. The monoisotopic (exact) mass is 425 g/mol. The number of nitrogens with zero attached hydrogens (tertiary/aromatic N) is 3. The number of anilines is 1. The maximum atomic E-state index is 14.1. The van der Waals surface area contributed by atoms with Crippen molar-refractivity contribution in [2.75, 3.05) is 4.90 Å². The summed E-state index contributed by atoms with van der Waals surface area (Å²) in [6.07, 6.45) is 0. The molecule has 150 valence electrons. The minimum Gasteiger partial charge on any atom is -0.279 e. The van der Waals surface area contributed by atoms with Gasteiger partial charge in [0.2, 0.25) is 0 Å². The number of benzene rings is 3. The van der Waals surface area contributed by atoms with Crippen LogP contribution in [-0.2, 0) is 6.54 Å². The number of amides is 1. The smallest absolute Gasteiger partial charge is 0.270 e. The Morgan fingerprint density at radius 2 is 1.83 bits per heavy atom. The van der Waals surface area contributed by atoms with Crippen LogP contribution in [0.1, 0.15) is 15.9 Å². The van der Waals surface area contributed by atoms with E-state index in [-0.39, 0.29) is 33.1 Å². The van der Waals surface area contributed by atoms with E-state index in [9.17, 15) is 23.7 Å². The molecule has 9 heteroatoms. The third-order valence-corrected chi connectivity index (χ3v) is 5.39. The van der Waals surface area contributed by atoms with Crippen LogP contribution in [0.15, 0.2) is 66.7 Å². The summed E-state index contributed by atoms with van der Waals surface area (Å²) in [7, 11) is 0. The highest BCUT2D eigenvalue weighted by Gasteiger charge is 2.24. The molecular formula is C21H13F2N3O3S. The number of rotatable bonds is 5. The molecule has 0 atom stereocenters. The van der Waals surface area contributed by atoms with Crippen LogP contribution >= 0.6 is 11.3 Å². The molecule has 1 heterocycles. The molecule has 0 saturated carbocycles. The predicted octanol–water partition coefficient (Wildman–Crippen LogP) is 5.33. The first-order valence-corrected chi connectivity index (χ1v) is 9.60. The van der Waals surface area contributed by atoms with Gasteiger partial charge < -0.3 is 0 Å². The third-order valence-electron chi connectivity index (χ3n) is 4.37. The molecular weight excluding hydrogens is 412 g/mol. The van der Waals surface area contributed by atoms with Gasteiger partial charge in [-0.15, -0.1) is 0 Å². The van der Waals surface area contributed by atoms with E-state index in [1.807, 2.05) is 6.07 Å². The first-order chi connectivity index (χ1) is 14.4. The van der Waals surface area contributed by atoms with Gasteiger partial charge in [0.05, 0.1) is 16.2 Å². The lowest BCUT2D eigenvalue weighted by Gasteiger charge is -2.20. The maximum absolute atomic E-state index is 14.1. The number of fused-ring (bicyclic) bond motifs is 1. The summed E-state index contributed by atoms with van der Waals surface area (Å²) in [6.45, 7) is 0.103. The molecule has 0 fully saturated rings. The SMILES string of the molecule is O=C(c1cccc([N+](=O)[O-])c1)N(Cc1ccccc1)c1nc2c(F)cc(F)cc2s1. The molecule has 30 heavy (non-hydrogen) atoms. The first kappa shape index (κ1) is 19.6. The molecule has 0 unspecified atom stereocenters. The van der Waals surface area contributed by atoms with Crippen molar-refractivity contribution in [3.8, 4) is 0 Å². The second-order valence-electron chi connectivity index (χ2n) is 6.42. The molecule has 0 spiro atoms. The van der Waals surface area contributed by atoms with Crippen molar-refractivity contribution in [3.05, 3.63) is 99.6 Å². The Morgan fingerprint density at radius 3 is 2.57 bits per heavy atom. The van der Waals surface area contributed by atoms with Crippen molar-refractivity contribution in [3.63, 3.8) is 0 Å². The number of non-ortho nitro benzene ring substituents is 1. The number of nitro benzene ring substituents is 1. The molecule has 1 aromatic heterocycles. The number of thiazole rings is 1. The van der Waals surface area contributed by atoms with Gasteiger partial charge in [-0.2, -0.15) is 0 Å². The number of halogens is 2. The fourth-order valence-corrected chi connectivity index (χ4v) is 3.96. The van der Waals surface area contributed by atoms with Crippen molar-refractivity contribution < 1.29 is 18.5 Å². The van der Waals surface area contributed by atoms with Gasteiger partial charge in [0.1, 0.15) is 11.3 Å². The molecule has 3 aromatic carbocycles. The number of hydrogen-bond donors (Lipinski definition) is 0. The van der Waals surface area contributed by atoms with Crippen LogP contribution in [0.5, 0.6) is 0 Å². The highest BCUT2D eigenvalue weighted by atomic mass is 32.1. The molecule has 4 aromatic rings. The van der Waals surface area contributed by atoms with Gasteiger partial charge in [-0.1, -0.05) is 47.7 Å². The van der Waals surface area contributed by atoms with Crippen molar-refractivity contribution in [2.45, 2.75) is 6.54 Å². The van der Waals surface area contributed by atoms with E-state index in [2.05, 4.69) is 4.98 Å². The maximum Gasteiger partial charge on any atom is 0.270 e. The molecule has 0 radical (unpaired) electrons. The molecule has 4 rings (SSSR count). The standard InChI is InChI=1S/C21H13F2N3O3S/c22-15-10-17(23)19-18(11-15)30-21(24-19)25(12-13-5-2-1-3-6-13)20(27)14-7-4-8-16(9-14)26(28)29/h1-11H,12H2. The normalized spacial score (nSPS) is 10.9. The highest BCUT2D eigenvalue weighted by molar-refractivity contribution is 7.22. The van der Waals surface area contributed by atoms with Crippen LogP contribution in [0.25, 0.3) is 10.2 Å². The summed E-state index contributed by atoms with van der Waals surface area (Å²) in [4.78, 5) is 29.3. The van der Waals surface area contributed by atoms with Gasteiger partial charge in [0, 0.05) is 23.8 Å². The minimum absolute atomic E-state index is 0.0405. The predicted molar refractivity (Wildman–Crippen MR) is 110 cm³/mol. The van der Waals surface area contributed by atoms with Crippen LogP contribution in [-0.4, -0.2) is 15.8 Å². The van der Waals surface area contributed by atoms with Crippen molar-refractivity contribution in [1.82, 2.24) is 4.98 Å². The van der Waals surface area contributed by atoms with Gasteiger partial charge >= 0.3 is 0 Å². The van der Waals surface area contributed by atoms with E-state index in [4.69, 9.17) is 0 Å². The van der Waals surface area contributed by atoms with E-state index < -0.39 is 22.5 Å². The number of hydrogen-bond acceptors (Lipinski definition) is 5. The Morgan fingerprint density at radius 1 is 1.07 bits per heavy atom. The largest absolute Gasteiger partial charge is 0.279 e. The van der Waals surface area contributed by atoms with Crippen LogP contribution < -0.4 is 4.90 Å². The van der Waals surface area contributed by atoms with Gasteiger partial charge in [-0.05, 0) is 17.7 Å². The van der Waals surface area contributed by atoms with Crippen molar-refractivity contribution >= 4 is 38.3 Å². The summed E-state index contributed by atoms with van der Waals surface area (Å²) < 4.78 is 28.0. The highest BCUT2D eigenvalue weighted by Crippen LogP contribution is 2.33. The lowest BCUT2D eigenvalue weighted by molar-refractivity contribution is -0.384. The molecule has 1 amide bonds. The van der Waals surface area contributed by atoms with Gasteiger partial charge in [0.25, 0.3) is 11.6 Å². The Hall–Kier alpha value is -3.72. The lowest BCUT2D eigenvalue weighted by atomic mass is 10.1. The fraction of sp³-hybridized carbons (Fsp3) is 0.0476. The average molecular weight is 425 g/mol. The number of nitro groups is 1. The molecule has 0 aliphatic rings. The third kappa shape index (κ3) is 3.87. The Kier molecular flexibility index (Phi) is 5.20. The Bertz CT molecular complexity index is 1260. The first-order valence-electron chi connectivity index (χ1n) is 8.78. The zero-order chi connectivity index (χ0) is 21.3. The van der Waals surface area contributed by atoms with Crippen molar-refractivity contribution in [2.24, 2.45) is 0 Å². The lowest BCUT2D eigenvalue weighted by Crippen LogP contribution is -2.30. The molecule has 0 aliphatic heterocycles. The Labute approximate surface area is 173 Å². The number of carbonyl (C=O) groups is 1. The molecule has 0 saturated heterocycles. The number of aromatic nitrogens is 1. The summed E-state index contributed by atoms with van der Waals surface area (Å²) in [6, 6.07) is 16.3. The second kappa shape index (κ2) is 7.96. The zero-order valence-corrected chi connectivity index (χ0v) is 16.1. The van der Waals surface area contributed by atoms with Gasteiger partial charge in [-0.3, -0.25) is 19.8 Å². The summed E-state index contributed by atoms with van der Waals surface area (Å²) in [5.41, 5.74) is 0.604. The topological polar surface area (TPSA) is 76.3 Å². The molecule has 0 aliphatic carbocycles. The molecule has 6 nitrogen and oxygen atoms in total. The van der Waals surface area contributed by atoms with Gasteiger partial charge in [-0.25, -0.2) is 13.8 Å². The van der Waals surface area contributed by atoms with Crippen LogP contribution in [0.3, 0.4) is 0 Å². The Balaban J connectivity index is 1.80. The van der Waals surface area contributed by atoms with Crippen molar-refractivity contribution in [1.29, 1.82) is 0 Å². The van der Waals surface area contributed by atoms with Crippen LogP contribution in [0.2, 0.25) is 0 Å². The molecule has 0 bridgehead atoms. The summed E-state index contributed by atoms with van der Waals surface area (Å²) >= 11 is 0.967. The van der Waals surface area contributed by atoms with Crippen LogP contribution in [0.4, 0.5) is 19.6 Å². The fourth-order valence-electron chi connectivity index (χ4n) is 2.96. The van der Waals surface area contributed by atoms with Crippen LogP contribution in [0, 0.1) is 21.7 Å². The zero-order valence-electron chi connectivity index (χ0n) is 15.3. The molecule has 0 N–H and O–H groups in total. The van der Waals surface area contributed by atoms with E-state index in [0.717, 1.165) is 29.0 Å². The summed E-state index contributed by atoms with van der Waals surface area (Å²) in [5, 5.41) is 11.2. The second-order valence-corrected chi connectivity index (χ2v) is 7.42. The van der Waals surface area contributed by atoms with E-state index in [1.165, 1.54) is 29.2 Å². The number of carbonyl (C=O) groups excluding carboxylic acids is 1. The van der Waals surface area contributed by atoms with Gasteiger partial charge in [0.15, 0.2) is 10.9 Å². The minimum atomic E-state index is -0.824. The quantitative estimate of drug-likeness (QED) is 0.320. The van der Waals surface area contributed by atoms with E-state index in [0.29, 0.717) is 0 Å². The van der Waals surface area contributed by atoms with E-state index >= 15 is 0 Å². The average Bonchev–Trinajstić information content (AvgIpc) is 3.16.